The number of aryl methyl sites for hydroxylation is 1. The number of carbonyl (C=O) groups is 2. The number of benzene rings is 2. The first kappa shape index (κ1) is 24.9. The third-order valence-electron chi connectivity index (χ3n) is 6.09. The lowest BCUT2D eigenvalue weighted by molar-refractivity contribution is -0.119. The van der Waals surface area contributed by atoms with Gasteiger partial charge < -0.3 is 20.3 Å². The van der Waals surface area contributed by atoms with Gasteiger partial charge in [0.2, 0.25) is 5.91 Å². The van der Waals surface area contributed by atoms with Crippen LogP contribution < -0.4 is 15.4 Å². The van der Waals surface area contributed by atoms with Crippen molar-refractivity contribution in [2.24, 2.45) is 0 Å². The van der Waals surface area contributed by atoms with Crippen molar-refractivity contribution in [1.82, 2.24) is 15.2 Å². The lowest BCUT2D eigenvalue weighted by Gasteiger charge is -2.13. The van der Waals surface area contributed by atoms with Gasteiger partial charge in [-0.1, -0.05) is 30.3 Å². The van der Waals surface area contributed by atoms with Crippen LogP contribution in [0, 0.1) is 6.92 Å². The van der Waals surface area contributed by atoms with Gasteiger partial charge in [-0.15, -0.1) is 11.3 Å². The molecule has 188 valence electrons. The van der Waals surface area contributed by atoms with Crippen LogP contribution in [0.5, 0.6) is 11.5 Å². The van der Waals surface area contributed by atoms with E-state index < -0.39 is 0 Å². The molecule has 4 aromatic rings. The Labute approximate surface area is 224 Å². The van der Waals surface area contributed by atoms with Crippen LogP contribution in [0.25, 0.3) is 10.2 Å². The second kappa shape index (κ2) is 11.1. The molecule has 1 aliphatic heterocycles. The Balaban J connectivity index is 1.25. The molecule has 0 spiro atoms. The van der Waals surface area contributed by atoms with Gasteiger partial charge in [0.25, 0.3) is 5.91 Å². The Kier molecular flexibility index (Phi) is 7.43. The van der Waals surface area contributed by atoms with Crippen molar-refractivity contribution in [1.29, 1.82) is 0 Å². The van der Waals surface area contributed by atoms with E-state index >= 15 is 0 Å². The number of hydrogen-bond donors (Lipinski definition) is 2. The average Bonchev–Trinajstić information content (AvgIpc) is 3.57. The minimum absolute atomic E-state index is 0.0601. The van der Waals surface area contributed by atoms with E-state index in [1.807, 2.05) is 72.5 Å². The Morgan fingerprint density at radius 2 is 1.84 bits per heavy atom. The standard InChI is InChI=1S/C28H26N4O3S2/c1-18-15-20(30-28(36)31-25(33)16-19-7-3-2-4-8-19)9-10-22(18)35-23-11-12-29-21-17-24(37-26(21)23)27(34)32-13-5-6-14-32/h2-4,7-12,15,17H,5-6,13-14,16H2,1H3,(H2,30,31,33,36). The highest BCUT2D eigenvalue weighted by Gasteiger charge is 2.22. The van der Waals surface area contributed by atoms with E-state index in [1.54, 1.807) is 6.20 Å². The van der Waals surface area contributed by atoms with Crippen molar-refractivity contribution >= 4 is 56.4 Å². The fourth-order valence-electron chi connectivity index (χ4n) is 4.25. The highest BCUT2D eigenvalue weighted by atomic mass is 32.1. The minimum atomic E-state index is -0.180. The van der Waals surface area contributed by atoms with E-state index in [9.17, 15) is 9.59 Å². The molecular weight excluding hydrogens is 504 g/mol. The number of thiocarbonyl (C=S) groups is 1. The SMILES string of the molecule is Cc1cc(NC(=S)NC(=O)Cc2ccccc2)ccc1Oc1ccnc2cc(C(=O)N3CCCC3)sc12. The summed E-state index contributed by atoms with van der Waals surface area (Å²) in [4.78, 5) is 32.1. The number of thiophene rings is 1. The van der Waals surface area contributed by atoms with Gasteiger partial charge in [-0.3, -0.25) is 14.6 Å². The highest BCUT2D eigenvalue weighted by molar-refractivity contribution is 7.80. The molecule has 9 heteroatoms. The average molecular weight is 531 g/mol. The number of nitrogens with one attached hydrogen (secondary N) is 2. The summed E-state index contributed by atoms with van der Waals surface area (Å²) in [6.45, 7) is 3.56. The van der Waals surface area contributed by atoms with Crippen LogP contribution in [-0.4, -0.2) is 39.9 Å². The Hall–Kier alpha value is -3.82. The number of aromatic nitrogens is 1. The number of likely N-dealkylation sites (tertiary alicyclic amines) is 1. The first-order valence-corrected chi connectivity index (χ1v) is 13.3. The molecule has 2 amide bonds. The molecule has 1 fully saturated rings. The topological polar surface area (TPSA) is 83.6 Å². The summed E-state index contributed by atoms with van der Waals surface area (Å²) in [6.07, 6.45) is 4.05. The molecule has 1 aliphatic rings. The van der Waals surface area contributed by atoms with Crippen LogP contribution in [0.4, 0.5) is 5.69 Å². The molecule has 2 aromatic carbocycles. The van der Waals surface area contributed by atoms with Crippen LogP contribution >= 0.6 is 23.6 Å². The van der Waals surface area contributed by atoms with Crippen LogP contribution in [0.2, 0.25) is 0 Å². The summed E-state index contributed by atoms with van der Waals surface area (Å²) in [7, 11) is 0. The zero-order chi connectivity index (χ0) is 25.8. The third kappa shape index (κ3) is 5.95. The van der Waals surface area contributed by atoms with Crippen LogP contribution in [0.3, 0.4) is 0 Å². The van der Waals surface area contributed by atoms with Gasteiger partial charge in [0.1, 0.15) is 11.5 Å². The summed E-state index contributed by atoms with van der Waals surface area (Å²) in [5.41, 5.74) is 3.30. The monoisotopic (exact) mass is 530 g/mol. The molecule has 37 heavy (non-hydrogen) atoms. The highest BCUT2D eigenvalue weighted by Crippen LogP contribution is 2.37. The van der Waals surface area contributed by atoms with Gasteiger partial charge in [0, 0.05) is 31.0 Å². The van der Waals surface area contributed by atoms with Crippen LogP contribution in [0.15, 0.2) is 66.9 Å². The molecule has 5 rings (SSSR count). The maximum absolute atomic E-state index is 12.8. The molecule has 0 bridgehead atoms. The zero-order valence-corrected chi connectivity index (χ0v) is 22.0. The quantitative estimate of drug-likeness (QED) is 0.312. The predicted molar refractivity (Wildman–Crippen MR) is 151 cm³/mol. The maximum Gasteiger partial charge on any atom is 0.264 e. The second-order valence-corrected chi connectivity index (χ2v) is 10.3. The fourth-order valence-corrected chi connectivity index (χ4v) is 5.52. The molecular formula is C28H26N4O3S2. The summed E-state index contributed by atoms with van der Waals surface area (Å²) in [5.74, 6) is 1.21. The number of rotatable bonds is 6. The fraction of sp³-hybridized carbons (Fsp3) is 0.214. The van der Waals surface area contributed by atoms with Gasteiger partial charge in [-0.05, 0) is 67.4 Å². The normalized spacial score (nSPS) is 12.9. The number of anilines is 1. The van der Waals surface area contributed by atoms with Crippen molar-refractivity contribution in [2.75, 3.05) is 18.4 Å². The summed E-state index contributed by atoms with van der Waals surface area (Å²) < 4.78 is 7.09. The van der Waals surface area contributed by atoms with Crippen molar-refractivity contribution in [3.05, 3.63) is 82.9 Å². The van der Waals surface area contributed by atoms with E-state index in [1.165, 1.54) is 11.3 Å². The molecule has 1 saturated heterocycles. The van der Waals surface area contributed by atoms with E-state index in [4.69, 9.17) is 17.0 Å². The first-order valence-electron chi connectivity index (χ1n) is 12.1. The van der Waals surface area contributed by atoms with E-state index in [-0.39, 0.29) is 23.3 Å². The molecule has 2 N–H and O–H groups in total. The lowest BCUT2D eigenvalue weighted by Crippen LogP contribution is -2.35. The van der Waals surface area contributed by atoms with Crippen LogP contribution in [0.1, 0.15) is 33.6 Å². The summed E-state index contributed by atoms with van der Waals surface area (Å²) >= 11 is 6.73. The van der Waals surface area contributed by atoms with E-state index in [0.29, 0.717) is 16.4 Å². The van der Waals surface area contributed by atoms with Gasteiger partial charge in [0.05, 0.1) is 21.5 Å². The van der Waals surface area contributed by atoms with E-state index in [0.717, 1.165) is 53.0 Å². The third-order valence-corrected chi connectivity index (χ3v) is 7.42. The number of nitrogens with zero attached hydrogens (tertiary/aromatic N) is 2. The maximum atomic E-state index is 12.8. The zero-order valence-electron chi connectivity index (χ0n) is 20.3. The molecule has 0 atom stereocenters. The summed E-state index contributed by atoms with van der Waals surface area (Å²) in [5, 5.41) is 6.01. The Morgan fingerprint density at radius 3 is 2.59 bits per heavy atom. The molecule has 3 heterocycles. The molecule has 0 aliphatic carbocycles. The molecule has 0 saturated carbocycles. The van der Waals surface area contributed by atoms with Crippen molar-refractivity contribution < 1.29 is 14.3 Å². The van der Waals surface area contributed by atoms with Crippen molar-refractivity contribution in [3.8, 4) is 11.5 Å². The van der Waals surface area contributed by atoms with Crippen molar-refractivity contribution in [2.45, 2.75) is 26.2 Å². The minimum Gasteiger partial charge on any atom is -0.455 e. The smallest absolute Gasteiger partial charge is 0.264 e. The molecule has 0 unspecified atom stereocenters. The van der Waals surface area contributed by atoms with Gasteiger partial charge in [-0.2, -0.15) is 0 Å². The number of carbonyl (C=O) groups excluding carboxylic acids is 2. The summed E-state index contributed by atoms with van der Waals surface area (Å²) in [6, 6.07) is 18.8. The van der Waals surface area contributed by atoms with Crippen LogP contribution in [-0.2, 0) is 11.2 Å². The van der Waals surface area contributed by atoms with Crippen molar-refractivity contribution in [3.63, 3.8) is 0 Å². The Morgan fingerprint density at radius 1 is 1.05 bits per heavy atom. The number of pyridine rings is 1. The number of fused-ring (bicyclic) bond motifs is 1. The predicted octanol–water partition coefficient (Wildman–Crippen LogP) is 5.69. The van der Waals surface area contributed by atoms with Gasteiger partial charge >= 0.3 is 0 Å². The second-order valence-electron chi connectivity index (χ2n) is 8.88. The number of ether oxygens (including phenoxy) is 1. The van der Waals surface area contributed by atoms with Gasteiger partial charge in [-0.25, -0.2) is 0 Å². The lowest BCUT2D eigenvalue weighted by atomic mass is 10.1. The molecule has 2 aromatic heterocycles. The number of hydrogen-bond acceptors (Lipinski definition) is 6. The first-order chi connectivity index (χ1) is 18.0. The largest absolute Gasteiger partial charge is 0.455 e. The Bertz CT molecular complexity index is 1460. The molecule has 0 radical (unpaired) electrons. The van der Waals surface area contributed by atoms with E-state index in [2.05, 4.69) is 15.6 Å². The van der Waals surface area contributed by atoms with Gasteiger partial charge in [0.15, 0.2) is 5.11 Å². The molecule has 7 nitrogen and oxygen atoms in total. The number of amides is 2.